The average Bonchev–Trinajstić information content (AvgIpc) is 3.51. The van der Waals surface area contributed by atoms with Gasteiger partial charge < -0.3 is 21.7 Å². The second-order valence-electron chi connectivity index (χ2n) is 13.4. The normalized spacial score (nSPS) is 13.4. The summed E-state index contributed by atoms with van der Waals surface area (Å²) < 4.78 is 3.92. The van der Waals surface area contributed by atoms with E-state index in [9.17, 15) is 9.59 Å². The first-order valence-electron chi connectivity index (χ1n) is 19.9. The average molecular weight is 787 g/mol. The SMILES string of the molecule is C=C/C=C(\C=C/C)n1c(NC2=CCCC=C2)cc(=O)c2cc(NCC=C)c(C)nc21.CC.Cc1nc2c(cc1N)c(=O)cc(NC1=CC=CC=CC1)n2-c1ccccc1. The molecular weight excluding hydrogens is 733 g/mol. The van der Waals surface area contributed by atoms with Crippen LogP contribution in [-0.2, 0) is 0 Å². The third-order valence-corrected chi connectivity index (χ3v) is 9.28. The lowest BCUT2D eigenvalue weighted by molar-refractivity contribution is 1.01. The fourth-order valence-corrected chi connectivity index (χ4v) is 6.50. The number of aryl methyl sites for hydroxylation is 2. The van der Waals surface area contributed by atoms with E-state index in [1.807, 2.05) is 129 Å². The van der Waals surface area contributed by atoms with Crippen LogP contribution in [0.4, 0.5) is 23.0 Å². The van der Waals surface area contributed by atoms with E-state index in [4.69, 9.17) is 10.7 Å². The number of hydrogen-bond donors (Lipinski definition) is 4. The summed E-state index contributed by atoms with van der Waals surface area (Å²) in [5, 5.41) is 11.1. The number of anilines is 4. The Hall–Kier alpha value is -7.20. The van der Waals surface area contributed by atoms with Crippen molar-refractivity contribution >= 4 is 50.8 Å². The second kappa shape index (κ2) is 20.8. The van der Waals surface area contributed by atoms with Crippen LogP contribution in [0.5, 0.6) is 0 Å². The van der Waals surface area contributed by atoms with E-state index in [1.165, 1.54) is 0 Å². The van der Waals surface area contributed by atoms with Gasteiger partial charge in [0.25, 0.3) is 0 Å². The molecule has 0 unspecified atom stereocenters. The molecule has 0 saturated carbocycles. The van der Waals surface area contributed by atoms with Gasteiger partial charge in [-0.25, -0.2) is 9.97 Å². The van der Waals surface area contributed by atoms with E-state index in [0.29, 0.717) is 51.6 Å². The number of pyridine rings is 4. The molecule has 5 aromatic rings. The maximum absolute atomic E-state index is 13.0. The third-order valence-electron chi connectivity index (χ3n) is 9.28. The number of benzene rings is 1. The van der Waals surface area contributed by atoms with Gasteiger partial charge in [0.2, 0.25) is 0 Å². The molecule has 0 fully saturated rings. The Kier molecular flexibility index (Phi) is 15.1. The smallest absolute Gasteiger partial charge is 0.193 e. The van der Waals surface area contributed by atoms with Crippen LogP contribution in [0.2, 0.25) is 0 Å². The highest BCUT2D eigenvalue weighted by Crippen LogP contribution is 2.28. The molecular formula is C49H54N8O2. The maximum atomic E-state index is 13.0. The minimum atomic E-state index is -0.112. The molecule has 0 bridgehead atoms. The lowest BCUT2D eigenvalue weighted by Crippen LogP contribution is -2.16. The van der Waals surface area contributed by atoms with Crippen molar-refractivity contribution < 1.29 is 0 Å². The Balaban J connectivity index is 0.000000216. The summed E-state index contributed by atoms with van der Waals surface area (Å²) in [5.74, 6) is 1.33. The monoisotopic (exact) mass is 786 g/mol. The van der Waals surface area contributed by atoms with Gasteiger partial charge >= 0.3 is 0 Å². The van der Waals surface area contributed by atoms with Crippen molar-refractivity contribution in [1.82, 2.24) is 19.1 Å². The molecule has 7 rings (SSSR count). The number of rotatable bonds is 11. The molecule has 10 heteroatoms. The van der Waals surface area contributed by atoms with E-state index >= 15 is 0 Å². The summed E-state index contributed by atoms with van der Waals surface area (Å²) in [5.41, 5.74) is 13.6. The Morgan fingerprint density at radius 1 is 0.864 bits per heavy atom. The van der Waals surface area contributed by atoms with Crippen molar-refractivity contribution in [3.8, 4) is 5.69 Å². The summed E-state index contributed by atoms with van der Waals surface area (Å²) in [6.07, 6.45) is 28.4. The van der Waals surface area contributed by atoms with Gasteiger partial charge in [0.1, 0.15) is 22.9 Å². The molecule has 5 N–H and O–H groups in total. The standard InChI is InChI=1S/C25H28N4O.C22H20N4O.C2H6/c1-5-11-20(12-6-2)29-24(28-19-13-9-8-10-14-19)17-23(30)21-16-22(26-15-7-3)18(4)27-25(21)29;1-15-19(23)13-18-20(27)14-21(25-16-9-5-2-3-6-10-16)26(22(18)24-15)17-11-7-4-8-12-17;1-2/h5-7,9,11-14,16-17,26,28H,1,3,8,10,15H2,2,4H3;2-9,11-14,25H,10,23H2,1H3;1-2H3/b12-6-,20-11+;;. The van der Waals surface area contributed by atoms with Gasteiger partial charge in [0.15, 0.2) is 10.9 Å². The molecule has 4 heterocycles. The Morgan fingerprint density at radius 3 is 2.29 bits per heavy atom. The van der Waals surface area contributed by atoms with Crippen LogP contribution in [0.25, 0.3) is 33.5 Å². The predicted octanol–water partition coefficient (Wildman–Crippen LogP) is 10.7. The number of para-hydroxylation sites is 1. The van der Waals surface area contributed by atoms with Crippen molar-refractivity contribution in [3.63, 3.8) is 0 Å². The summed E-state index contributed by atoms with van der Waals surface area (Å²) in [7, 11) is 0. The maximum Gasteiger partial charge on any atom is 0.193 e. The van der Waals surface area contributed by atoms with E-state index in [2.05, 4.69) is 52.3 Å². The number of fused-ring (bicyclic) bond motifs is 2. The van der Waals surface area contributed by atoms with Crippen molar-refractivity contribution in [3.05, 3.63) is 190 Å². The van der Waals surface area contributed by atoms with Crippen molar-refractivity contribution in [2.75, 3.05) is 28.2 Å². The summed E-state index contributed by atoms with van der Waals surface area (Å²) in [6.45, 7) is 17.9. The highest BCUT2D eigenvalue weighted by Gasteiger charge is 2.17. The molecule has 0 atom stereocenters. The molecule has 0 radical (unpaired) electrons. The van der Waals surface area contributed by atoms with Crippen LogP contribution in [0.1, 0.15) is 51.4 Å². The third kappa shape index (κ3) is 10.4. The molecule has 0 saturated heterocycles. The molecule has 302 valence electrons. The first-order valence-corrected chi connectivity index (χ1v) is 19.9. The van der Waals surface area contributed by atoms with Crippen LogP contribution >= 0.6 is 0 Å². The minimum absolute atomic E-state index is 0.0864. The second-order valence-corrected chi connectivity index (χ2v) is 13.4. The highest BCUT2D eigenvalue weighted by molar-refractivity contribution is 5.87. The van der Waals surface area contributed by atoms with Crippen molar-refractivity contribution in [2.24, 2.45) is 0 Å². The van der Waals surface area contributed by atoms with Crippen LogP contribution in [0, 0.1) is 13.8 Å². The zero-order chi connectivity index (χ0) is 42.3. The first-order chi connectivity index (χ1) is 28.7. The van der Waals surface area contributed by atoms with Crippen LogP contribution in [0.15, 0.2) is 168 Å². The van der Waals surface area contributed by atoms with Crippen LogP contribution < -0.4 is 32.5 Å². The zero-order valence-electron chi connectivity index (χ0n) is 34.6. The number of hydrogen-bond acceptors (Lipinski definition) is 8. The zero-order valence-corrected chi connectivity index (χ0v) is 34.6. The largest absolute Gasteiger partial charge is 0.397 e. The molecule has 2 aliphatic carbocycles. The van der Waals surface area contributed by atoms with Crippen molar-refractivity contribution in [1.29, 1.82) is 0 Å². The van der Waals surface area contributed by atoms with E-state index in [1.54, 1.807) is 30.4 Å². The number of nitrogen functional groups attached to an aromatic ring is 1. The van der Waals surface area contributed by atoms with Gasteiger partial charge in [0, 0.05) is 47.9 Å². The van der Waals surface area contributed by atoms with E-state index in [-0.39, 0.29) is 10.9 Å². The topological polar surface area (TPSA) is 132 Å². The summed E-state index contributed by atoms with van der Waals surface area (Å²) in [6, 6.07) is 16.7. The minimum Gasteiger partial charge on any atom is -0.397 e. The molecule has 0 amide bonds. The molecule has 0 spiro atoms. The summed E-state index contributed by atoms with van der Waals surface area (Å²) >= 11 is 0. The Labute approximate surface area is 346 Å². The number of aromatic nitrogens is 4. The molecule has 59 heavy (non-hydrogen) atoms. The Morgan fingerprint density at radius 2 is 1.59 bits per heavy atom. The van der Waals surface area contributed by atoms with Gasteiger partial charge in [-0.05, 0) is 82.2 Å². The van der Waals surface area contributed by atoms with Crippen molar-refractivity contribution in [2.45, 2.75) is 53.9 Å². The highest BCUT2D eigenvalue weighted by atomic mass is 16.1. The lowest BCUT2D eigenvalue weighted by atomic mass is 10.1. The number of allylic oxidation sites excluding steroid dienone is 13. The van der Waals surface area contributed by atoms with Gasteiger partial charge in [-0.15, -0.1) is 6.58 Å². The van der Waals surface area contributed by atoms with Crippen LogP contribution in [0.3, 0.4) is 0 Å². The fourth-order valence-electron chi connectivity index (χ4n) is 6.50. The predicted molar refractivity (Wildman–Crippen MR) is 251 cm³/mol. The molecule has 10 nitrogen and oxygen atoms in total. The first kappa shape index (κ1) is 42.9. The van der Waals surface area contributed by atoms with Gasteiger partial charge in [0.05, 0.1) is 33.5 Å². The molecule has 1 aromatic carbocycles. The van der Waals surface area contributed by atoms with E-state index in [0.717, 1.165) is 53.4 Å². The number of nitrogens with one attached hydrogen (secondary N) is 3. The molecule has 4 aromatic heterocycles. The fraction of sp³-hybridized carbons (Fsp3) is 0.184. The Bertz CT molecular complexity index is 2670. The van der Waals surface area contributed by atoms with E-state index < -0.39 is 0 Å². The number of nitrogens with two attached hydrogens (primary N) is 1. The molecule has 0 aliphatic heterocycles. The number of nitrogens with zero attached hydrogens (tertiary/aromatic N) is 4. The van der Waals surface area contributed by atoms with Gasteiger partial charge in [-0.2, -0.15) is 0 Å². The van der Waals surface area contributed by atoms with Crippen LogP contribution in [-0.4, -0.2) is 25.6 Å². The quantitative estimate of drug-likeness (QED) is 0.0769. The van der Waals surface area contributed by atoms with Gasteiger partial charge in [-0.3, -0.25) is 18.7 Å². The summed E-state index contributed by atoms with van der Waals surface area (Å²) in [4.78, 5) is 35.2. The lowest BCUT2D eigenvalue weighted by Gasteiger charge is -2.20. The van der Waals surface area contributed by atoms with Gasteiger partial charge in [-0.1, -0.05) is 93.3 Å². The molecule has 2 aliphatic rings.